The average molecular weight is 310 g/mol. The van der Waals surface area contributed by atoms with Gasteiger partial charge < -0.3 is 5.73 Å². The number of nitrogens with two attached hydrogens (primary N) is 1. The molecule has 1 aliphatic heterocycles. The normalized spacial score (nSPS) is 22.7. The van der Waals surface area contributed by atoms with Crippen molar-refractivity contribution >= 4 is 10.0 Å². The van der Waals surface area contributed by atoms with Crippen molar-refractivity contribution in [1.29, 1.82) is 0 Å². The van der Waals surface area contributed by atoms with Crippen molar-refractivity contribution in [2.24, 2.45) is 5.73 Å². The number of rotatable bonds is 4. The smallest absolute Gasteiger partial charge is 0.243 e. The molecule has 4 nitrogen and oxygen atoms in total. The summed E-state index contributed by atoms with van der Waals surface area (Å²) in [4.78, 5) is 0.373. The Morgan fingerprint density at radius 3 is 2.81 bits per heavy atom. The fourth-order valence-corrected chi connectivity index (χ4v) is 4.64. The first kappa shape index (κ1) is 16.5. The lowest BCUT2D eigenvalue weighted by molar-refractivity contribution is 0.342. The Bertz CT molecular complexity index is 571. The van der Waals surface area contributed by atoms with E-state index in [4.69, 9.17) is 5.73 Å². The Morgan fingerprint density at radius 2 is 2.10 bits per heavy atom. The highest BCUT2D eigenvalue weighted by molar-refractivity contribution is 7.89. The van der Waals surface area contributed by atoms with E-state index in [0.29, 0.717) is 11.4 Å². The van der Waals surface area contributed by atoms with E-state index in [1.54, 1.807) is 22.5 Å². The minimum absolute atomic E-state index is 0.0704. The zero-order valence-electron chi connectivity index (χ0n) is 13.0. The molecule has 1 aliphatic rings. The van der Waals surface area contributed by atoms with Crippen molar-refractivity contribution in [2.45, 2.75) is 62.9 Å². The van der Waals surface area contributed by atoms with Crippen molar-refractivity contribution in [3.8, 4) is 0 Å². The Kier molecular flexibility index (Phi) is 5.41. The zero-order valence-corrected chi connectivity index (χ0v) is 13.8. The van der Waals surface area contributed by atoms with E-state index in [1.807, 2.05) is 19.9 Å². The van der Waals surface area contributed by atoms with Crippen LogP contribution in [0.1, 0.15) is 57.6 Å². The van der Waals surface area contributed by atoms with Crippen molar-refractivity contribution in [3.63, 3.8) is 0 Å². The van der Waals surface area contributed by atoms with E-state index in [1.165, 1.54) is 0 Å². The first-order valence-corrected chi connectivity index (χ1v) is 9.28. The van der Waals surface area contributed by atoms with Crippen LogP contribution >= 0.6 is 0 Å². The molecule has 21 heavy (non-hydrogen) atoms. The molecule has 2 N–H and O–H groups in total. The highest BCUT2D eigenvalue weighted by Gasteiger charge is 2.30. The highest BCUT2D eigenvalue weighted by atomic mass is 32.2. The summed E-state index contributed by atoms with van der Waals surface area (Å²) in [5.41, 5.74) is 6.92. The largest absolute Gasteiger partial charge is 0.324 e. The van der Waals surface area contributed by atoms with Crippen LogP contribution in [0.5, 0.6) is 0 Å². The maximum atomic E-state index is 12.9. The molecule has 0 aliphatic carbocycles. The predicted molar refractivity (Wildman–Crippen MR) is 85.5 cm³/mol. The van der Waals surface area contributed by atoms with Crippen LogP contribution in [0.3, 0.4) is 0 Å². The lowest BCUT2D eigenvalue weighted by Gasteiger charge is -2.26. The van der Waals surface area contributed by atoms with Gasteiger partial charge in [-0.3, -0.25) is 0 Å². The van der Waals surface area contributed by atoms with Crippen molar-refractivity contribution in [1.82, 2.24) is 4.31 Å². The fraction of sp³-hybridized carbons (Fsp3) is 0.625. The molecule has 0 radical (unpaired) electrons. The second-order valence-electron chi connectivity index (χ2n) is 5.90. The summed E-state index contributed by atoms with van der Waals surface area (Å²) in [6, 6.07) is 7.07. The summed E-state index contributed by atoms with van der Waals surface area (Å²) in [5, 5.41) is 0. The lowest BCUT2D eigenvalue weighted by atomic mass is 10.1. The van der Waals surface area contributed by atoms with Gasteiger partial charge in [-0.1, -0.05) is 31.9 Å². The molecule has 1 heterocycles. The van der Waals surface area contributed by atoms with Gasteiger partial charge in [0.05, 0.1) is 4.90 Å². The van der Waals surface area contributed by atoms with E-state index in [0.717, 1.165) is 37.7 Å². The molecular formula is C16H26N2O2S. The molecule has 0 amide bonds. The lowest BCUT2D eigenvalue weighted by Crippen LogP contribution is -2.38. The third-order valence-corrected chi connectivity index (χ3v) is 6.33. The van der Waals surface area contributed by atoms with Crippen LogP contribution in [0, 0.1) is 0 Å². The average Bonchev–Trinajstić information content (AvgIpc) is 2.71. The van der Waals surface area contributed by atoms with Gasteiger partial charge >= 0.3 is 0 Å². The summed E-state index contributed by atoms with van der Waals surface area (Å²) in [5.74, 6) is 0. The van der Waals surface area contributed by atoms with Gasteiger partial charge in [-0.2, -0.15) is 4.31 Å². The third kappa shape index (κ3) is 3.65. The second-order valence-corrected chi connectivity index (χ2v) is 7.79. The summed E-state index contributed by atoms with van der Waals surface area (Å²) in [6.45, 7) is 4.63. The van der Waals surface area contributed by atoms with Crippen LogP contribution in [0.15, 0.2) is 29.2 Å². The van der Waals surface area contributed by atoms with Gasteiger partial charge in [0, 0.05) is 18.6 Å². The van der Waals surface area contributed by atoms with Gasteiger partial charge in [-0.05, 0) is 43.9 Å². The van der Waals surface area contributed by atoms with E-state index < -0.39 is 10.0 Å². The Hall–Kier alpha value is -0.910. The number of sulfonamides is 1. The molecule has 0 bridgehead atoms. The summed E-state index contributed by atoms with van der Waals surface area (Å²) in [6.07, 6.45) is 4.89. The SMILES string of the molecule is CCC(N)c1cccc(S(=O)(=O)N2CCCCCC2C)c1. The molecule has 1 fully saturated rings. The van der Waals surface area contributed by atoms with Crippen molar-refractivity contribution in [3.05, 3.63) is 29.8 Å². The molecule has 1 aromatic carbocycles. The van der Waals surface area contributed by atoms with Gasteiger partial charge in [-0.15, -0.1) is 0 Å². The Morgan fingerprint density at radius 1 is 1.33 bits per heavy atom. The van der Waals surface area contributed by atoms with Gasteiger partial charge in [0.25, 0.3) is 0 Å². The van der Waals surface area contributed by atoms with Crippen LogP contribution in [0.25, 0.3) is 0 Å². The maximum Gasteiger partial charge on any atom is 0.243 e. The first-order valence-electron chi connectivity index (χ1n) is 7.84. The van der Waals surface area contributed by atoms with E-state index in [-0.39, 0.29) is 12.1 Å². The Balaban J connectivity index is 2.34. The number of nitrogens with zero attached hydrogens (tertiary/aromatic N) is 1. The molecule has 0 saturated carbocycles. The molecule has 2 rings (SSSR count). The maximum absolute atomic E-state index is 12.9. The van der Waals surface area contributed by atoms with E-state index >= 15 is 0 Å². The first-order chi connectivity index (χ1) is 9.96. The van der Waals surface area contributed by atoms with Crippen LogP contribution < -0.4 is 5.73 Å². The predicted octanol–water partition coefficient (Wildman–Crippen LogP) is 3.05. The summed E-state index contributed by atoms with van der Waals surface area (Å²) < 4.78 is 27.5. The molecule has 1 aromatic rings. The minimum atomic E-state index is -3.42. The number of hydrogen-bond donors (Lipinski definition) is 1. The fourth-order valence-electron chi connectivity index (χ4n) is 2.88. The van der Waals surface area contributed by atoms with Crippen LogP contribution in [0.2, 0.25) is 0 Å². The molecule has 118 valence electrons. The molecular weight excluding hydrogens is 284 g/mol. The molecule has 1 saturated heterocycles. The molecule has 0 aromatic heterocycles. The van der Waals surface area contributed by atoms with Gasteiger partial charge in [0.15, 0.2) is 0 Å². The second kappa shape index (κ2) is 6.90. The zero-order chi connectivity index (χ0) is 15.5. The minimum Gasteiger partial charge on any atom is -0.324 e. The van der Waals surface area contributed by atoms with Crippen molar-refractivity contribution < 1.29 is 8.42 Å². The van der Waals surface area contributed by atoms with Crippen molar-refractivity contribution in [2.75, 3.05) is 6.54 Å². The Labute approximate surface area is 128 Å². The van der Waals surface area contributed by atoms with Crippen LogP contribution in [0.4, 0.5) is 0 Å². The standard InChI is InChI=1S/C16H26N2O2S/c1-3-16(17)14-9-7-10-15(12-14)21(19,20)18-11-6-4-5-8-13(18)2/h7,9-10,12-13,16H,3-6,8,11,17H2,1-2H3. The highest BCUT2D eigenvalue weighted by Crippen LogP contribution is 2.26. The monoisotopic (exact) mass is 310 g/mol. The van der Waals surface area contributed by atoms with E-state index in [2.05, 4.69) is 0 Å². The van der Waals surface area contributed by atoms with E-state index in [9.17, 15) is 8.42 Å². The van der Waals surface area contributed by atoms with Gasteiger partial charge in [-0.25, -0.2) is 8.42 Å². The summed E-state index contributed by atoms with van der Waals surface area (Å²) >= 11 is 0. The molecule has 2 atom stereocenters. The van der Waals surface area contributed by atoms with Gasteiger partial charge in [0.2, 0.25) is 10.0 Å². The third-order valence-electron chi connectivity index (χ3n) is 4.32. The topological polar surface area (TPSA) is 63.4 Å². The van der Waals surface area contributed by atoms with Gasteiger partial charge in [0.1, 0.15) is 0 Å². The quantitative estimate of drug-likeness (QED) is 0.929. The molecule has 5 heteroatoms. The molecule has 2 unspecified atom stereocenters. The van der Waals surface area contributed by atoms with Crippen LogP contribution in [-0.2, 0) is 10.0 Å². The summed E-state index contributed by atoms with van der Waals surface area (Å²) in [7, 11) is -3.42. The molecule has 0 spiro atoms. The number of benzene rings is 1. The van der Waals surface area contributed by atoms with Crippen LogP contribution in [-0.4, -0.2) is 25.3 Å². The number of hydrogen-bond acceptors (Lipinski definition) is 3.